The van der Waals surface area contributed by atoms with Gasteiger partial charge in [-0.1, -0.05) is 13.8 Å². The molecule has 0 saturated carbocycles. The number of hydrogen-bond donors (Lipinski definition) is 1. The number of nitrogens with one attached hydrogen (secondary N) is 1. The van der Waals surface area contributed by atoms with Gasteiger partial charge in [0, 0.05) is 12.1 Å². The summed E-state index contributed by atoms with van der Waals surface area (Å²) in [6.45, 7) is 4.32. The number of furan rings is 2. The standard InChI is InChI=1S/C25H27FN6O4/c1-17(2)11-12-27-25(34)23(21-6-4-14-36-21)31(15-20-5-3-13-35-20)22(33)16-32-29-24(28-30-32)18-7-9-19(26)10-8-18/h3-10,13-14,17,23H,11-12,15-16H2,1-2H3,(H,27,34). The molecular weight excluding hydrogens is 467 g/mol. The number of nitrogens with zero attached hydrogens (tertiary/aromatic N) is 5. The minimum Gasteiger partial charge on any atom is -0.467 e. The smallest absolute Gasteiger partial charge is 0.250 e. The molecule has 0 aliphatic rings. The van der Waals surface area contributed by atoms with Gasteiger partial charge in [-0.25, -0.2) is 4.39 Å². The highest BCUT2D eigenvalue weighted by Gasteiger charge is 2.34. The van der Waals surface area contributed by atoms with E-state index in [2.05, 4.69) is 34.6 Å². The van der Waals surface area contributed by atoms with Gasteiger partial charge in [0.25, 0.3) is 5.91 Å². The monoisotopic (exact) mass is 494 g/mol. The third-order valence-electron chi connectivity index (χ3n) is 5.45. The molecule has 0 saturated heterocycles. The number of halogens is 1. The van der Waals surface area contributed by atoms with Crippen LogP contribution in [0.4, 0.5) is 4.39 Å². The van der Waals surface area contributed by atoms with E-state index in [4.69, 9.17) is 8.83 Å². The van der Waals surface area contributed by atoms with Crippen molar-refractivity contribution in [3.05, 3.63) is 78.4 Å². The number of tetrazole rings is 1. The Kier molecular flexibility index (Phi) is 7.89. The molecule has 1 N–H and O–H groups in total. The maximum absolute atomic E-state index is 13.5. The number of aromatic nitrogens is 4. The zero-order valence-corrected chi connectivity index (χ0v) is 20.0. The molecule has 188 valence electrons. The van der Waals surface area contributed by atoms with Crippen LogP contribution in [0.15, 0.2) is 69.9 Å². The molecule has 3 aromatic heterocycles. The van der Waals surface area contributed by atoms with Crippen molar-refractivity contribution in [3.63, 3.8) is 0 Å². The highest BCUT2D eigenvalue weighted by atomic mass is 19.1. The molecule has 11 heteroatoms. The van der Waals surface area contributed by atoms with Crippen LogP contribution in [-0.4, -0.2) is 43.5 Å². The van der Waals surface area contributed by atoms with Gasteiger partial charge in [0.1, 0.15) is 23.9 Å². The van der Waals surface area contributed by atoms with Gasteiger partial charge in [-0.15, -0.1) is 10.2 Å². The summed E-state index contributed by atoms with van der Waals surface area (Å²) in [6, 6.07) is 11.3. The van der Waals surface area contributed by atoms with E-state index in [-0.39, 0.29) is 30.6 Å². The summed E-state index contributed by atoms with van der Waals surface area (Å²) in [4.78, 5) is 29.3. The van der Waals surface area contributed by atoms with Crippen molar-refractivity contribution in [1.82, 2.24) is 30.4 Å². The van der Waals surface area contributed by atoms with Gasteiger partial charge in [0.05, 0.1) is 19.1 Å². The van der Waals surface area contributed by atoms with Gasteiger partial charge in [-0.3, -0.25) is 9.59 Å². The average molecular weight is 495 g/mol. The van der Waals surface area contributed by atoms with Crippen LogP contribution in [-0.2, 0) is 22.7 Å². The Hall–Kier alpha value is -4.28. The molecule has 36 heavy (non-hydrogen) atoms. The number of carbonyl (C=O) groups excluding carboxylic acids is 2. The van der Waals surface area contributed by atoms with Crippen LogP contribution < -0.4 is 5.32 Å². The van der Waals surface area contributed by atoms with E-state index in [9.17, 15) is 14.0 Å². The molecule has 1 atom stereocenters. The first-order chi connectivity index (χ1) is 17.4. The summed E-state index contributed by atoms with van der Waals surface area (Å²) < 4.78 is 24.2. The van der Waals surface area contributed by atoms with Gasteiger partial charge in [0.15, 0.2) is 6.04 Å². The van der Waals surface area contributed by atoms with Crippen molar-refractivity contribution in [1.29, 1.82) is 0 Å². The van der Waals surface area contributed by atoms with E-state index in [0.29, 0.717) is 29.5 Å². The fourth-order valence-electron chi connectivity index (χ4n) is 3.58. The van der Waals surface area contributed by atoms with Crippen LogP contribution in [0, 0.1) is 11.7 Å². The number of benzene rings is 1. The second-order valence-electron chi connectivity index (χ2n) is 8.64. The number of rotatable bonds is 11. The lowest BCUT2D eigenvalue weighted by Gasteiger charge is -2.29. The van der Waals surface area contributed by atoms with Crippen LogP contribution in [0.1, 0.15) is 37.8 Å². The fraction of sp³-hybridized carbons (Fsp3) is 0.320. The third-order valence-corrected chi connectivity index (χ3v) is 5.45. The quantitative estimate of drug-likeness (QED) is 0.338. The van der Waals surface area contributed by atoms with E-state index in [1.807, 2.05) is 0 Å². The van der Waals surface area contributed by atoms with Crippen LogP contribution in [0.25, 0.3) is 11.4 Å². The Morgan fingerprint density at radius 2 is 1.83 bits per heavy atom. The van der Waals surface area contributed by atoms with Crippen LogP contribution in [0.5, 0.6) is 0 Å². The van der Waals surface area contributed by atoms with E-state index in [0.717, 1.165) is 11.2 Å². The summed E-state index contributed by atoms with van der Waals surface area (Å²) in [5, 5.41) is 15.1. The largest absolute Gasteiger partial charge is 0.467 e. The van der Waals surface area contributed by atoms with Crippen molar-refractivity contribution >= 4 is 11.8 Å². The van der Waals surface area contributed by atoms with E-state index in [1.165, 1.54) is 41.7 Å². The average Bonchev–Trinajstić information content (AvgIpc) is 3.63. The number of amides is 2. The minimum atomic E-state index is -1.04. The Morgan fingerprint density at radius 1 is 1.08 bits per heavy atom. The number of hydrogen-bond acceptors (Lipinski definition) is 7. The molecule has 2 amide bonds. The van der Waals surface area contributed by atoms with Crippen LogP contribution >= 0.6 is 0 Å². The molecule has 0 fully saturated rings. The first kappa shape index (κ1) is 24.8. The molecule has 1 aromatic carbocycles. The molecular formula is C25H27FN6O4. The van der Waals surface area contributed by atoms with Gasteiger partial charge >= 0.3 is 0 Å². The molecule has 0 aliphatic carbocycles. The van der Waals surface area contributed by atoms with Gasteiger partial charge in [0.2, 0.25) is 11.7 Å². The van der Waals surface area contributed by atoms with Gasteiger partial charge in [-0.2, -0.15) is 4.80 Å². The lowest BCUT2D eigenvalue weighted by Crippen LogP contribution is -2.45. The van der Waals surface area contributed by atoms with Crippen LogP contribution in [0.2, 0.25) is 0 Å². The molecule has 0 aliphatic heterocycles. The van der Waals surface area contributed by atoms with Crippen molar-refractivity contribution in [2.45, 2.75) is 39.4 Å². The van der Waals surface area contributed by atoms with E-state index < -0.39 is 11.9 Å². The zero-order valence-electron chi connectivity index (χ0n) is 20.0. The van der Waals surface area contributed by atoms with Gasteiger partial charge < -0.3 is 19.1 Å². The molecule has 0 bridgehead atoms. The summed E-state index contributed by atoms with van der Waals surface area (Å²) in [7, 11) is 0. The van der Waals surface area contributed by atoms with E-state index in [1.54, 1.807) is 24.3 Å². The summed E-state index contributed by atoms with van der Waals surface area (Å²) in [5.74, 6) is 0.254. The predicted molar refractivity (Wildman–Crippen MR) is 126 cm³/mol. The molecule has 0 radical (unpaired) electrons. The Bertz CT molecular complexity index is 1250. The second kappa shape index (κ2) is 11.4. The lowest BCUT2D eigenvalue weighted by atomic mass is 10.1. The maximum Gasteiger partial charge on any atom is 0.250 e. The van der Waals surface area contributed by atoms with Crippen LogP contribution in [0.3, 0.4) is 0 Å². The molecule has 4 rings (SSSR count). The SMILES string of the molecule is CC(C)CCNC(=O)C(c1ccco1)N(Cc1ccco1)C(=O)Cn1nnc(-c2ccc(F)cc2)n1. The lowest BCUT2D eigenvalue weighted by molar-refractivity contribution is -0.143. The third kappa shape index (κ3) is 6.23. The van der Waals surface area contributed by atoms with E-state index >= 15 is 0 Å². The second-order valence-corrected chi connectivity index (χ2v) is 8.64. The Morgan fingerprint density at radius 3 is 2.50 bits per heavy atom. The van der Waals surface area contributed by atoms with Crippen molar-refractivity contribution in [3.8, 4) is 11.4 Å². The van der Waals surface area contributed by atoms with Crippen molar-refractivity contribution in [2.75, 3.05) is 6.54 Å². The molecule has 3 heterocycles. The maximum atomic E-state index is 13.5. The first-order valence-corrected chi connectivity index (χ1v) is 11.6. The molecule has 10 nitrogen and oxygen atoms in total. The topological polar surface area (TPSA) is 119 Å². The number of carbonyl (C=O) groups is 2. The first-order valence-electron chi connectivity index (χ1n) is 11.6. The van der Waals surface area contributed by atoms with Gasteiger partial charge in [-0.05, 0) is 66.1 Å². The summed E-state index contributed by atoms with van der Waals surface area (Å²) in [6.07, 6.45) is 3.74. The molecule has 1 unspecified atom stereocenters. The predicted octanol–water partition coefficient (Wildman–Crippen LogP) is 3.60. The fourth-order valence-corrected chi connectivity index (χ4v) is 3.58. The Labute approximate surface area is 207 Å². The molecule has 0 spiro atoms. The summed E-state index contributed by atoms with van der Waals surface area (Å²) in [5.41, 5.74) is 0.556. The zero-order chi connectivity index (χ0) is 25.5. The highest BCUT2D eigenvalue weighted by molar-refractivity contribution is 5.88. The minimum absolute atomic E-state index is 0.0221. The summed E-state index contributed by atoms with van der Waals surface area (Å²) >= 11 is 0. The molecule has 4 aromatic rings. The highest BCUT2D eigenvalue weighted by Crippen LogP contribution is 2.25. The Balaban J connectivity index is 1.58. The normalized spacial score (nSPS) is 12.0. The van der Waals surface area contributed by atoms with Crippen molar-refractivity contribution < 1.29 is 22.8 Å². The van der Waals surface area contributed by atoms with Crippen molar-refractivity contribution in [2.24, 2.45) is 5.92 Å².